The molecular formula is C28H28ClN3O3. The van der Waals surface area contributed by atoms with Gasteiger partial charge < -0.3 is 14.5 Å². The van der Waals surface area contributed by atoms with Crippen molar-refractivity contribution in [2.45, 2.75) is 58.3 Å². The first-order valence-electron chi connectivity index (χ1n) is 12.1. The van der Waals surface area contributed by atoms with E-state index in [0.717, 1.165) is 63.9 Å². The number of halogens is 1. The van der Waals surface area contributed by atoms with E-state index in [9.17, 15) is 4.79 Å². The number of carbonyl (C=O) groups excluding carboxylic acids is 1. The Hall–Kier alpha value is -3.25. The van der Waals surface area contributed by atoms with Crippen molar-refractivity contribution in [3.8, 4) is 28.1 Å². The van der Waals surface area contributed by atoms with Crippen molar-refractivity contribution < 1.29 is 14.3 Å². The summed E-state index contributed by atoms with van der Waals surface area (Å²) < 4.78 is 11.8. The molecule has 0 bridgehead atoms. The number of aromatic nitrogens is 2. The largest absolute Gasteiger partial charge is 0.488 e. The van der Waals surface area contributed by atoms with E-state index in [4.69, 9.17) is 26.1 Å². The molecular weight excluding hydrogens is 462 g/mol. The Morgan fingerprint density at radius 3 is 2.83 bits per heavy atom. The van der Waals surface area contributed by atoms with Gasteiger partial charge in [-0.3, -0.25) is 4.90 Å². The monoisotopic (exact) mass is 489 g/mol. The number of aryl methyl sites for hydroxylation is 2. The molecule has 0 fully saturated rings. The molecule has 3 aromatic rings. The van der Waals surface area contributed by atoms with Gasteiger partial charge in [0.25, 0.3) is 0 Å². The fraction of sp³-hybridized carbons (Fsp3) is 0.357. The molecule has 1 atom stereocenters. The predicted octanol–water partition coefficient (Wildman–Crippen LogP) is 6.63. The fourth-order valence-corrected chi connectivity index (χ4v) is 5.36. The second kappa shape index (κ2) is 8.16. The number of aromatic amines is 1. The van der Waals surface area contributed by atoms with Gasteiger partial charge in [0.05, 0.1) is 5.69 Å². The molecule has 35 heavy (non-hydrogen) atoms. The molecule has 1 aliphatic carbocycles. The van der Waals surface area contributed by atoms with Crippen LogP contribution in [-0.2, 0) is 24.2 Å². The minimum Gasteiger partial charge on any atom is -0.488 e. The fourth-order valence-electron chi connectivity index (χ4n) is 5.16. The molecule has 1 aromatic heterocycles. The van der Waals surface area contributed by atoms with Gasteiger partial charge in [0.1, 0.15) is 29.8 Å². The molecule has 3 aliphatic rings. The summed E-state index contributed by atoms with van der Waals surface area (Å²) in [4.78, 5) is 23.2. The number of carbonyl (C=O) groups is 1. The van der Waals surface area contributed by atoms with Crippen LogP contribution in [0.25, 0.3) is 22.4 Å². The number of fused-ring (bicyclic) bond motifs is 6. The lowest BCUT2D eigenvalue weighted by atomic mass is 9.87. The molecule has 2 aromatic carbocycles. The van der Waals surface area contributed by atoms with Crippen molar-refractivity contribution in [2.24, 2.45) is 0 Å². The minimum atomic E-state index is -0.548. The highest BCUT2D eigenvalue weighted by Gasteiger charge is 2.33. The molecule has 1 N–H and O–H groups in total. The van der Waals surface area contributed by atoms with Gasteiger partial charge >= 0.3 is 6.09 Å². The van der Waals surface area contributed by atoms with E-state index in [2.05, 4.69) is 29.3 Å². The third-order valence-electron chi connectivity index (χ3n) is 6.74. The molecule has 0 saturated carbocycles. The number of nitrogens with zero attached hydrogens (tertiary/aromatic N) is 2. The molecule has 7 heteroatoms. The van der Waals surface area contributed by atoms with Gasteiger partial charge in [-0.05, 0) is 81.0 Å². The van der Waals surface area contributed by atoms with Crippen LogP contribution in [0.15, 0.2) is 42.5 Å². The van der Waals surface area contributed by atoms with Gasteiger partial charge in [-0.25, -0.2) is 9.78 Å². The average Bonchev–Trinajstić information content (AvgIpc) is 3.26. The second-order valence-corrected chi connectivity index (χ2v) is 10.8. The first-order chi connectivity index (χ1) is 16.8. The number of amides is 1. The predicted molar refractivity (Wildman–Crippen MR) is 136 cm³/mol. The molecule has 0 radical (unpaired) electrons. The van der Waals surface area contributed by atoms with Crippen molar-refractivity contribution >= 4 is 17.7 Å². The third kappa shape index (κ3) is 4.00. The van der Waals surface area contributed by atoms with Crippen LogP contribution in [0.5, 0.6) is 5.75 Å². The number of hydrogen-bond donors (Lipinski definition) is 1. The van der Waals surface area contributed by atoms with E-state index in [1.165, 1.54) is 11.1 Å². The zero-order valence-electron chi connectivity index (χ0n) is 20.2. The van der Waals surface area contributed by atoms with E-state index in [0.29, 0.717) is 13.2 Å². The Morgan fingerprint density at radius 2 is 2.00 bits per heavy atom. The van der Waals surface area contributed by atoms with Crippen molar-refractivity contribution in [1.29, 1.82) is 0 Å². The van der Waals surface area contributed by atoms with Crippen LogP contribution in [0.1, 0.15) is 55.9 Å². The lowest BCUT2D eigenvalue weighted by molar-refractivity contribution is 0.0184. The molecule has 1 unspecified atom stereocenters. The number of imidazole rings is 1. The zero-order chi connectivity index (χ0) is 24.3. The summed E-state index contributed by atoms with van der Waals surface area (Å²) in [6.07, 6.45) is 6.41. The summed E-state index contributed by atoms with van der Waals surface area (Å²) in [5, 5.41) is 0.722. The molecule has 180 valence electrons. The summed E-state index contributed by atoms with van der Waals surface area (Å²) in [6, 6.07) is 10.1. The van der Waals surface area contributed by atoms with Gasteiger partial charge in [0.15, 0.2) is 0 Å². The van der Waals surface area contributed by atoms with Crippen LogP contribution in [0.3, 0.4) is 0 Å². The van der Waals surface area contributed by atoms with E-state index in [1.54, 1.807) is 4.90 Å². The highest BCUT2D eigenvalue weighted by Crippen LogP contribution is 2.44. The maximum absolute atomic E-state index is 12.9. The second-order valence-electron chi connectivity index (χ2n) is 10.4. The number of hydrogen-bond acceptors (Lipinski definition) is 4. The highest BCUT2D eigenvalue weighted by atomic mass is 35.5. The van der Waals surface area contributed by atoms with Crippen LogP contribution < -0.4 is 4.74 Å². The van der Waals surface area contributed by atoms with Crippen LogP contribution in [0.2, 0.25) is 5.02 Å². The number of benzene rings is 2. The quantitative estimate of drug-likeness (QED) is 0.390. The van der Waals surface area contributed by atoms with Gasteiger partial charge in [-0.1, -0.05) is 29.8 Å². The van der Waals surface area contributed by atoms with E-state index in [-0.39, 0.29) is 12.1 Å². The van der Waals surface area contributed by atoms with Gasteiger partial charge in [-0.15, -0.1) is 0 Å². The first kappa shape index (κ1) is 22.2. The van der Waals surface area contributed by atoms with Crippen molar-refractivity contribution in [1.82, 2.24) is 14.9 Å². The molecule has 1 amide bonds. The Kier molecular flexibility index (Phi) is 5.18. The van der Waals surface area contributed by atoms with Crippen LogP contribution in [0, 0.1) is 0 Å². The normalized spacial score (nSPS) is 18.2. The average molecular weight is 490 g/mol. The number of rotatable bonds is 1. The molecule has 6 rings (SSSR count). The van der Waals surface area contributed by atoms with Crippen LogP contribution in [0.4, 0.5) is 4.79 Å². The van der Waals surface area contributed by atoms with Gasteiger partial charge in [0, 0.05) is 28.4 Å². The van der Waals surface area contributed by atoms with Crippen molar-refractivity contribution in [3.05, 3.63) is 70.2 Å². The van der Waals surface area contributed by atoms with E-state index in [1.807, 2.05) is 39.0 Å². The Labute approximate surface area is 209 Å². The molecule has 2 aliphatic heterocycles. The number of nitrogens with one attached hydrogen (secondary N) is 1. The maximum atomic E-state index is 12.9. The topological polar surface area (TPSA) is 67.5 Å². The number of ether oxygens (including phenoxy) is 2. The summed E-state index contributed by atoms with van der Waals surface area (Å²) in [5.41, 5.74) is 7.22. The number of H-pyrrole nitrogens is 1. The molecule has 0 spiro atoms. The van der Waals surface area contributed by atoms with E-state index >= 15 is 0 Å². The molecule has 0 saturated heterocycles. The smallest absolute Gasteiger partial charge is 0.411 e. The Balaban J connectivity index is 1.37. The minimum absolute atomic E-state index is 0.279. The highest BCUT2D eigenvalue weighted by molar-refractivity contribution is 6.30. The Bertz CT molecular complexity index is 1370. The SMILES string of the molecule is CC(C)(C)OC(=O)N1CCC=CC1c1nc2c([nH]1)CCc1cc3c(cc1-2)OCc1cc(Cl)ccc1-3. The van der Waals surface area contributed by atoms with Gasteiger partial charge in [0.2, 0.25) is 0 Å². The summed E-state index contributed by atoms with van der Waals surface area (Å²) in [6.45, 7) is 6.76. The molecule has 6 nitrogen and oxygen atoms in total. The van der Waals surface area contributed by atoms with E-state index < -0.39 is 5.60 Å². The van der Waals surface area contributed by atoms with Crippen LogP contribution in [-0.4, -0.2) is 33.1 Å². The van der Waals surface area contributed by atoms with Crippen molar-refractivity contribution in [2.75, 3.05) is 6.54 Å². The van der Waals surface area contributed by atoms with Crippen LogP contribution >= 0.6 is 11.6 Å². The first-order valence-corrected chi connectivity index (χ1v) is 12.5. The standard InChI is InChI=1S/C28H28ClN3O3/c1-28(2,3)35-27(33)32-11-5-4-6-23(32)26-30-22-10-7-16-13-21-19-9-8-18(29)12-17(19)15-34-24(21)14-20(16)25(22)31-26/h4,6,8-9,12-14,23H,5,7,10-11,15H2,1-3H3,(H,30,31). The Morgan fingerprint density at radius 1 is 1.14 bits per heavy atom. The summed E-state index contributed by atoms with van der Waals surface area (Å²) in [7, 11) is 0. The van der Waals surface area contributed by atoms with Crippen molar-refractivity contribution in [3.63, 3.8) is 0 Å². The summed E-state index contributed by atoms with van der Waals surface area (Å²) in [5.74, 6) is 1.63. The zero-order valence-corrected chi connectivity index (χ0v) is 20.9. The lowest BCUT2D eigenvalue weighted by Crippen LogP contribution is -2.40. The third-order valence-corrected chi connectivity index (χ3v) is 6.98. The maximum Gasteiger partial charge on any atom is 0.411 e. The van der Waals surface area contributed by atoms with Gasteiger partial charge in [-0.2, -0.15) is 0 Å². The molecule has 3 heterocycles. The summed E-state index contributed by atoms with van der Waals surface area (Å²) >= 11 is 6.20. The lowest BCUT2D eigenvalue weighted by Gasteiger charge is -2.33.